The van der Waals surface area contributed by atoms with Crippen LogP contribution in [0.1, 0.15) is 32.4 Å². The van der Waals surface area contributed by atoms with Gasteiger partial charge >= 0.3 is 35.7 Å². The van der Waals surface area contributed by atoms with Gasteiger partial charge in [0.2, 0.25) is 0 Å². The van der Waals surface area contributed by atoms with E-state index in [1.54, 1.807) is 31.2 Å². The summed E-state index contributed by atoms with van der Waals surface area (Å²) in [6, 6.07) is 6.65. The van der Waals surface area contributed by atoms with E-state index in [1.807, 2.05) is 0 Å². The van der Waals surface area contributed by atoms with E-state index in [4.69, 9.17) is 9.47 Å². The van der Waals surface area contributed by atoms with Gasteiger partial charge in [-0.3, -0.25) is 4.79 Å². The second-order valence-corrected chi connectivity index (χ2v) is 3.57. The zero-order valence-electron chi connectivity index (χ0n) is 11.4. The maximum Gasteiger partial charge on any atom is 1.00 e. The molecule has 0 saturated carbocycles. The average molecular weight is 289 g/mol. The van der Waals surface area contributed by atoms with Crippen molar-refractivity contribution < 1.29 is 48.6 Å². The minimum Gasteiger partial charge on any atom is -0.665 e. The Morgan fingerprint density at radius 1 is 1.30 bits per heavy atom. The van der Waals surface area contributed by atoms with E-state index in [0.29, 0.717) is 11.3 Å². The number of ether oxygens (including phenoxy) is 2. The summed E-state index contributed by atoms with van der Waals surface area (Å²) in [7, 11) is 4.72. The van der Waals surface area contributed by atoms with E-state index in [2.05, 4.69) is 12.4 Å². The molecule has 0 saturated heterocycles. The van der Waals surface area contributed by atoms with Crippen molar-refractivity contribution in [1.29, 1.82) is 0 Å². The van der Waals surface area contributed by atoms with Crippen molar-refractivity contribution in [3.8, 4) is 5.75 Å². The molecule has 6 heteroatoms. The normalized spacial score (nSPS) is 10.3. The first kappa shape index (κ1) is 21.3. The molecule has 1 rings (SSSR count). The SMILES string of the molecule is C.[CH2-]Oc1ccc(C(OC(=O)NC)C(=O)CC)cc1.[Na+]. The number of carbonyl (C=O) groups excluding carboxylic acids is 2. The van der Waals surface area contributed by atoms with Crippen LogP contribution >= 0.6 is 0 Å². The van der Waals surface area contributed by atoms with Gasteiger partial charge in [0.1, 0.15) is 0 Å². The van der Waals surface area contributed by atoms with Crippen molar-refractivity contribution in [2.75, 3.05) is 7.05 Å². The summed E-state index contributed by atoms with van der Waals surface area (Å²) in [5.74, 6) is 0.406. The fraction of sp³-hybridized carbons (Fsp3) is 0.357. The van der Waals surface area contributed by atoms with Gasteiger partial charge < -0.3 is 14.8 Å². The zero-order chi connectivity index (χ0) is 13.5. The van der Waals surface area contributed by atoms with Gasteiger partial charge in [0.15, 0.2) is 11.9 Å². The molecule has 0 aliphatic rings. The summed E-state index contributed by atoms with van der Waals surface area (Å²) in [5, 5.41) is 2.32. The first-order valence-electron chi connectivity index (χ1n) is 5.55. The zero-order valence-corrected chi connectivity index (χ0v) is 13.4. The summed E-state index contributed by atoms with van der Waals surface area (Å²) in [6.07, 6.45) is -1.25. The fourth-order valence-electron chi connectivity index (χ4n) is 1.41. The Kier molecular flexibility index (Phi) is 11.4. The molecular formula is C14H20NNaO4. The molecule has 0 aliphatic heterocycles. The molecule has 0 fully saturated rings. The van der Waals surface area contributed by atoms with Gasteiger partial charge in [-0.05, 0) is 12.1 Å². The first-order chi connectivity index (χ1) is 8.62. The standard InChI is InChI=1S/C13H16NO4.CH4.Na/c1-4-11(15)12(18-13(16)14-2)9-5-7-10(17-3)8-6-9;;/h5-8,12H,3-4H2,1-2H3,(H,14,16);1H4;/q-1;;+1. The molecule has 1 aromatic carbocycles. The first-order valence-corrected chi connectivity index (χ1v) is 5.55. The molecule has 1 aromatic rings. The Morgan fingerprint density at radius 3 is 2.25 bits per heavy atom. The molecule has 0 heterocycles. The number of alkyl carbamates (subject to hydrolysis) is 1. The number of nitrogens with one attached hydrogen (secondary N) is 1. The number of benzene rings is 1. The third-order valence-electron chi connectivity index (χ3n) is 2.42. The number of hydrogen-bond donors (Lipinski definition) is 1. The van der Waals surface area contributed by atoms with Crippen molar-refractivity contribution in [2.45, 2.75) is 26.9 Å². The Hall–Kier alpha value is -1.04. The molecule has 0 radical (unpaired) electrons. The van der Waals surface area contributed by atoms with Crippen LogP contribution in [-0.2, 0) is 9.53 Å². The maximum atomic E-state index is 11.8. The number of carbonyl (C=O) groups is 2. The van der Waals surface area contributed by atoms with Crippen LogP contribution in [0.4, 0.5) is 4.79 Å². The van der Waals surface area contributed by atoms with Crippen LogP contribution in [-0.4, -0.2) is 18.9 Å². The van der Waals surface area contributed by atoms with Crippen LogP contribution in [0.15, 0.2) is 24.3 Å². The molecule has 0 bridgehead atoms. The van der Waals surface area contributed by atoms with Crippen LogP contribution < -0.4 is 39.6 Å². The maximum absolute atomic E-state index is 11.8. The molecule has 5 nitrogen and oxygen atoms in total. The second-order valence-electron chi connectivity index (χ2n) is 3.57. The number of ketones is 1. The smallest absolute Gasteiger partial charge is 0.665 e. The Bertz CT molecular complexity index is 420. The summed E-state index contributed by atoms with van der Waals surface area (Å²) in [6.45, 7) is 1.72. The third-order valence-corrected chi connectivity index (χ3v) is 2.42. The van der Waals surface area contributed by atoms with Crippen LogP contribution in [0.3, 0.4) is 0 Å². The van der Waals surface area contributed by atoms with Gasteiger partial charge in [-0.15, -0.1) is 0 Å². The molecule has 0 aromatic heterocycles. The van der Waals surface area contributed by atoms with E-state index in [0.717, 1.165) is 0 Å². The number of rotatable bonds is 5. The number of amides is 1. The molecule has 0 aliphatic carbocycles. The van der Waals surface area contributed by atoms with Gasteiger partial charge in [-0.2, -0.15) is 7.11 Å². The number of hydrogen-bond acceptors (Lipinski definition) is 4. The van der Waals surface area contributed by atoms with Crippen molar-refractivity contribution in [1.82, 2.24) is 5.32 Å². The summed E-state index contributed by atoms with van der Waals surface area (Å²) in [4.78, 5) is 23.0. The quantitative estimate of drug-likeness (QED) is 0.606. The number of Topliss-reactive ketones (excluding diaryl/α,β-unsaturated/α-hetero) is 1. The van der Waals surface area contributed by atoms with Gasteiger partial charge in [0, 0.05) is 19.0 Å². The largest absolute Gasteiger partial charge is 1.00 e. The third kappa shape index (κ3) is 5.94. The van der Waals surface area contributed by atoms with Crippen LogP contribution in [0, 0.1) is 7.11 Å². The van der Waals surface area contributed by atoms with E-state index >= 15 is 0 Å². The molecule has 106 valence electrons. The van der Waals surface area contributed by atoms with E-state index in [-0.39, 0.29) is 49.2 Å². The molecule has 0 spiro atoms. The molecule has 1 amide bonds. The van der Waals surface area contributed by atoms with Gasteiger partial charge in [0.25, 0.3) is 0 Å². The van der Waals surface area contributed by atoms with Crippen LogP contribution in [0.2, 0.25) is 0 Å². The Labute approximate surface area is 142 Å². The fourth-order valence-corrected chi connectivity index (χ4v) is 1.41. The molecular weight excluding hydrogens is 269 g/mol. The van der Waals surface area contributed by atoms with Crippen LogP contribution in [0.25, 0.3) is 0 Å². The Balaban J connectivity index is 0. The van der Waals surface area contributed by atoms with Gasteiger partial charge in [-0.25, -0.2) is 4.79 Å². The van der Waals surface area contributed by atoms with Gasteiger partial charge in [-0.1, -0.05) is 26.5 Å². The Morgan fingerprint density at radius 2 is 1.85 bits per heavy atom. The topological polar surface area (TPSA) is 64.6 Å². The van der Waals surface area contributed by atoms with E-state index in [1.165, 1.54) is 7.05 Å². The predicted octanol–water partition coefficient (Wildman–Crippen LogP) is -0.127. The van der Waals surface area contributed by atoms with Crippen molar-refractivity contribution in [3.05, 3.63) is 36.9 Å². The van der Waals surface area contributed by atoms with E-state index < -0.39 is 12.2 Å². The summed E-state index contributed by atoms with van der Waals surface area (Å²) < 4.78 is 9.84. The molecule has 1 atom stereocenters. The monoisotopic (exact) mass is 289 g/mol. The summed E-state index contributed by atoms with van der Waals surface area (Å²) >= 11 is 0. The van der Waals surface area contributed by atoms with Gasteiger partial charge in [0.05, 0.1) is 5.75 Å². The summed E-state index contributed by atoms with van der Waals surface area (Å²) in [5.41, 5.74) is 0.603. The predicted molar refractivity (Wildman–Crippen MR) is 72.7 cm³/mol. The average Bonchev–Trinajstić information content (AvgIpc) is 2.43. The molecule has 20 heavy (non-hydrogen) atoms. The van der Waals surface area contributed by atoms with Crippen molar-refractivity contribution >= 4 is 11.9 Å². The van der Waals surface area contributed by atoms with Crippen LogP contribution in [0.5, 0.6) is 5.75 Å². The van der Waals surface area contributed by atoms with E-state index in [9.17, 15) is 9.59 Å². The molecule has 1 N–H and O–H groups in total. The minimum atomic E-state index is -0.895. The second kappa shape index (κ2) is 10.7. The minimum absolute atomic E-state index is 0. The molecule has 1 unspecified atom stereocenters. The van der Waals surface area contributed by atoms with Crippen molar-refractivity contribution in [3.63, 3.8) is 0 Å². The van der Waals surface area contributed by atoms with Crippen molar-refractivity contribution in [2.24, 2.45) is 0 Å².